The maximum absolute atomic E-state index is 13.4. The lowest BCUT2D eigenvalue weighted by atomic mass is 9.91. The molecule has 158 valence electrons. The van der Waals surface area contributed by atoms with Gasteiger partial charge in [-0.05, 0) is 61.2 Å². The number of nitrogens with two attached hydrogens (primary N) is 1. The molecule has 2 amide bonds. The molecular weight excluding hydrogens is 404 g/mol. The SMILES string of the molecule is Cc1ccc(SCc2cccc(C(=O)N3CC(C(N)=O)Cc4ccccc43)c2)c(C)c1. The fraction of sp³-hybridized carbons (Fsp3) is 0.231. The van der Waals surface area contributed by atoms with Gasteiger partial charge < -0.3 is 10.6 Å². The van der Waals surface area contributed by atoms with Crippen LogP contribution < -0.4 is 10.6 Å². The molecule has 3 aromatic rings. The molecule has 0 radical (unpaired) electrons. The Balaban J connectivity index is 1.56. The van der Waals surface area contributed by atoms with E-state index in [1.54, 1.807) is 16.7 Å². The van der Waals surface area contributed by atoms with Gasteiger partial charge in [0.25, 0.3) is 5.91 Å². The first-order valence-electron chi connectivity index (χ1n) is 10.4. The zero-order valence-corrected chi connectivity index (χ0v) is 18.6. The zero-order chi connectivity index (χ0) is 22.0. The molecule has 3 aromatic carbocycles. The third-order valence-corrected chi connectivity index (χ3v) is 6.94. The highest BCUT2D eigenvalue weighted by Gasteiger charge is 2.31. The van der Waals surface area contributed by atoms with E-state index >= 15 is 0 Å². The van der Waals surface area contributed by atoms with Gasteiger partial charge in [0.15, 0.2) is 0 Å². The largest absolute Gasteiger partial charge is 0.369 e. The summed E-state index contributed by atoms with van der Waals surface area (Å²) in [6.07, 6.45) is 0.571. The van der Waals surface area contributed by atoms with Crippen LogP contribution in [-0.4, -0.2) is 18.4 Å². The number of amides is 2. The fourth-order valence-electron chi connectivity index (χ4n) is 4.05. The number of para-hydroxylation sites is 1. The van der Waals surface area contributed by atoms with Crippen LogP contribution in [0.4, 0.5) is 5.69 Å². The predicted molar refractivity (Wildman–Crippen MR) is 126 cm³/mol. The van der Waals surface area contributed by atoms with Crippen LogP contribution in [0.5, 0.6) is 0 Å². The van der Waals surface area contributed by atoms with Gasteiger partial charge in [-0.3, -0.25) is 9.59 Å². The summed E-state index contributed by atoms with van der Waals surface area (Å²) in [4.78, 5) is 28.2. The van der Waals surface area contributed by atoms with Crippen molar-refractivity contribution in [3.8, 4) is 0 Å². The third-order valence-electron chi connectivity index (χ3n) is 5.70. The first kappa shape index (κ1) is 21.2. The Labute approximate surface area is 187 Å². The molecule has 1 aliphatic rings. The molecule has 0 saturated heterocycles. The number of benzene rings is 3. The smallest absolute Gasteiger partial charge is 0.258 e. The van der Waals surface area contributed by atoms with Crippen LogP contribution in [0.25, 0.3) is 0 Å². The molecule has 31 heavy (non-hydrogen) atoms. The Morgan fingerprint density at radius 2 is 1.84 bits per heavy atom. The van der Waals surface area contributed by atoms with E-state index in [0.29, 0.717) is 18.5 Å². The monoisotopic (exact) mass is 430 g/mol. The summed E-state index contributed by atoms with van der Waals surface area (Å²) < 4.78 is 0. The molecule has 1 atom stereocenters. The van der Waals surface area contributed by atoms with Gasteiger partial charge in [-0.2, -0.15) is 0 Å². The number of hydrogen-bond donors (Lipinski definition) is 1. The van der Waals surface area contributed by atoms with Crippen molar-refractivity contribution in [3.05, 3.63) is 94.5 Å². The molecule has 0 bridgehead atoms. The van der Waals surface area contributed by atoms with Gasteiger partial charge in [-0.15, -0.1) is 11.8 Å². The van der Waals surface area contributed by atoms with E-state index in [4.69, 9.17) is 5.73 Å². The van der Waals surface area contributed by atoms with E-state index < -0.39 is 0 Å². The summed E-state index contributed by atoms with van der Waals surface area (Å²) in [7, 11) is 0. The number of primary amides is 1. The van der Waals surface area contributed by atoms with Crippen LogP contribution in [0, 0.1) is 19.8 Å². The lowest BCUT2D eigenvalue weighted by molar-refractivity contribution is -0.121. The lowest BCUT2D eigenvalue weighted by Gasteiger charge is -2.33. The first-order valence-corrected chi connectivity index (χ1v) is 11.4. The number of rotatable bonds is 5. The lowest BCUT2D eigenvalue weighted by Crippen LogP contribution is -2.44. The Kier molecular flexibility index (Phi) is 6.14. The topological polar surface area (TPSA) is 63.4 Å². The van der Waals surface area contributed by atoms with Crippen LogP contribution in [0.2, 0.25) is 0 Å². The molecular formula is C26H26N2O2S. The van der Waals surface area contributed by atoms with Crippen molar-refractivity contribution in [2.24, 2.45) is 11.7 Å². The standard InChI is InChI=1S/C26H26N2O2S/c1-17-10-11-24(18(2)12-17)31-16-19-6-5-8-21(13-19)26(30)28-15-22(25(27)29)14-20-7-3-4-9-23(20)28/h3-13,22H,14-16H2,1-2H3,(H2,27,29). The molecule has 0 fully saturated rings. The Bertz CT molecular complexity index is 1140. The van der Waals surface area contributed by atoms with Crippen molar-refractivity contribution < 1.29 is 9.59 Å². The van der Waals surface area contributed by atoms with E-state index in [9.17, 15) is 9.59 Å². The third kappa shape index (κ3) is 4.67. The van der Waals surface area contributed by atoms with E-state index in [-0.39, 0.29) is 17.7 Å². The second-order valence-corrected chi connectivity index (χ2v) is 9.12. The number of fused-ring (bicyclic) bond motifs is 1. The van der Waals surface area contributed by atoms with Gasteiger partial charge in [-0.25, -0.2) is 0 Å². The van der Waals surface area contributed by atoms with Gasteiger partial charge >= 0.3 is 0 Å². The highest BCUT2D eigenvalue weighted by molar-refractivity contribution is 7.98. The molecule has 2 N–H and O–H groups in total. The summed E-state index contributed by atoms with van der Waals surface area (Å²) in [6.45, 7) is 4.53. The zero-order valence-electron chi connectivity index (χ0n) is 17.8. The second-order valence-electron chi connectivity index (χ2n) is 8.11. The molecule has 4 nitrogen and oxygen atoms in total. The number of nitrogens with zero attached hydrogens (tertiary/aromatic N) is 1. The van der Waals surface area contributed by atoms with Crippen molar-refractivity contribution in [1.29, 1.82) is 0 Å². The summed E-state index contributed by atoms with van der Waals surface area (Å²) >= 11 is 1.77. The van der Waals surface area contributed by atoms with Gasteiger partial charge in [0.1, 0.15) is 0 Å². The van der Waals surface area contributed by atoms with Gasteiger partial charge in [0.2, 0.25) is 5.91 Å². The van der Waals surface area contributed by atoms with Crippen molar-refractivity contribution in [2.45, 2.75) is 30.9 Å². The highest BCUT2D eigenvalue weighted by Crippen LogP contribution is 2.31. The Morgan fingerprint density at radius 3 is 2.61 bits per heavy atom. The summed E-state index contributed by atoms with van der Waals surface area (Å²) in [5.41, 5.74) is 11.7. The molecule has 1 unspecified atom stereocenters. The number of anilines is 1. The average Bonchev–Trinajstić information content (AvgIpc) is 2.77. The summed E-state index contributed by atoms with van der Waals surface area (Å²) in [5.74, 6) is -0.0595. The van der Waals surface area contributed by atoms with Crippen LogP contribution in [-0.2, 0) is 17.0 Å². The number of carbonyl (C=O) groups excluding carboxylic acids is 2. The van der Waals surface area contributed by atoms with Crippen LogP contribution in [0.1, 0.15) is 32.6 Å². The Hall–Kier alpha value is -3.05. The molecule has 1 heterocycles. The molecule has 0 aromatic heterocycles. The van der Waals surface area contributed by atoms with E-state index in [0.717, 1.165) is 22.6 Å². The number of hydrogen-bond acceptors (Lipinski definition) is 3. The minimum absolute atomic E-state index is 0.100. The van der Waals surface area contributed by atoms with E-state index in [1.165, 1.54) is 16.0 Å². The quantitative estimate of drug-likeness (QED) is 0.586. The summed E-state index contributed by atoms with van der Waals surface area (Å²) in [6, 6.07) is 22.0. The average molecular weight is 431 g/mol. The van der Waals surface area contributed by atoms with Crippen molar-refractivity contribution in [3.63, 3.8) is 0 Å². The van der Waals surface area contributed by atoms with Crippen molar-refractivity contribution >= 4 is 29.3 Å². The van der Waals surface area contributed by atoms with Crippen LogP contribution >= 0.6 is 11.8 Å². The predicted octanol–water partition coefficient (Wildman–Crippen LogP) is 4.90. The van der Waals surface area contributed by atoms with E-state index in [1.807, 2.05) is 48.5 Å². The summed E-state index contributed by atoms with van der Waals surface area (Å²) in [5, 5.41) is 0. The highest BCUT2D eigenvalue weighted by atomic mass is 32.2. The van der Waals surface area contributed by atoms with Gasteiger partial charge in [0, 0.05) is 28.4 Å². The fourth-order valence-corrected chi connectivity index (χ4v) is 5.00. The number of carbonyl (C=O) groups is 2. The Morgan fingerprint density at radius 1 is 1.03 bits per heavy atom. The van der Waals surface area contributed by atoms with Crippen LogP contribution in [0.15, 0.2) is 71.6 Å². The normalized spacial score (nSPS) is 15.4. The van der Waals surface area contributed by atoms with Gasteiger partial charge in [-0.1, -0.05) is 48.0 Å². The minimum atomic E-state index is -0.373. The molecule has 5 heteroatoms. The maximum Gasteiger partial charge on any atom is 0.258 e. The van der Waals surface area contributed by atoms with Gasteiger partial charge in [0.05, 0.1) is 5.92 Å². The molecule has 1 aliphatic heterocycles. The molecule has 4 rings (SSSR count). The first-order chi connectivity index (χ1) is 14.9. The van der Waals surface area contributed by atoms with E-state index in [2.05, 4.69) is 32.0 Å². The number of aryl methyl sites for hydroxylation is 2. The van der Waals surface area contributed by atoms with Crippen molar-refractivity contribution in [2.75, 3.05) is 11.4 Å². The molecule has 0 aliphatic carbocycles. The number of thioether (sulfide) groups is 1. The maximum atomic E-state index is 13.4. The minimum Gasteiger partial charge on any atom is -0.369 e. The molecule has 0 spiro atoms. The molecule has 0 saturated carbocycles. The van der Waals surface area contributed by atoms with Crippen LogP contribution in [0.3, 0.4) is 0 Å². The second kappa shape index (κ2) is 8.98. The van der Waals surface area contributed by atoms with Crippen molar-refractivity contribution in [1.82, 2.24) is 0 Å².